The highest BCUT2D eigenvalue weighted by molar-refractivity contribution is 5.20. The Morgan fingerprint density at radius 3 is 0.889 bits per heavy atom. The molecule has 0 spiro atoms. The predicted molar refractivity (Wildman–Crippen MR) is 32.7 cm³/mol. The lowest BCUT2D eigenvalue weighted by Gasteiger charge is -2.05. The first-order valence-corrected chi connectivity index (χ1v) is 3.41. The van der Waals surface area contributed by atoms with Gasteiger partial charge in [0.2, 0.25) is 0 Å². The summed E-state index contributed by atoms with van der Waals surface area (Å²) in [5, 5.41) is 0. The zero-order chi connectivity index (χ0) is 6.95. The standard InChI is InChI=1S/C6H12.CO2/c1-2-4-6-5-3-1;2-1-3/h1-6H2;. The highest BCUT2D eigenvalue weighted by Crippen LogP contribution is 2.15. The molecule has 0 aromatic heterocycles. The van der Waals surface area contributed by atoms with E-state index >= 15 is 0 Å². The molecule has 0 aliphatic heterocycles. The third-order valence-corrected chi connectivity index (χ3v) is 1.50. The molecule has 0 aromatic rings. The molecule has 1 saturated carbocycles. The van der Waals surface area contributed by atoms with E-state index in [-0.39, 0.29) is 6.15 Å². The Labute approximate surface area is 55.3 Å². The lowest BCUT2D eigenvalue weighted by Crippen LogP contribution is -1.85. The van der Waals surface area contributed by atoms with Crippen LogP contribution in [0.1, 0.15) is 38.5 Å². The van der Waals surface area contributed by atoms with Gasteiger partial charge in [-0.25, -0.2) is 0 Å². The maximum Gasteiger partial charge on any atom is 0.373 e. The molecule has 0 atom stereocenters. The van der Waals surface area contributed by atoms with Gasteiger partial charge in [0.15, 0.2) is 0 Å². The minimum absolute atomic E-state index is 0.250. The molecule has 1 aliphatic carbocycles. The lowest BCUT2D eigenvalue weighted by molar-refractivity contribution is -0.191. The van der Waals surface area contributed by atoms with Crippen LogP contribution in [0.4, 0.5) is 0 Å². The van der Waals surface area contributed by atoms with E-state index in [1.165, 1.54) is 38.5 Å². The maximum absolute atomic E-state index is 8.12. The molecule has 0 radical (unpaired) electrons. The molecule has 0 unspecified atom stereocenters. The van der Waals surface area contributed by atoms with Crippen molar-refractivity contribution in [3.8, 4) is 0 Å². The molecule has 1 rings (SSSR count). The molecule has 0 aromatic carbocycles. The Hall–Kier alpha value is -0.620. The fourth-order valence-corrected chi connectivity index (χ4v) is 1.06. The van der Waals surface area contributed by atoms with Crippen LogP contribution in [0.15, 0.2) is 0 Å². The van der Waals surface area contributed by atoms with E-state index in [0.717, 1.165) is 0 Å². The first kappa shape index (κ1) is 8.38. The molecule has 52 valence electrons. The summed E-state index contributed by atoms with van der Waals surface area (Å²) < 4.78 is 0. The fourth-order valence-electron chi connectivity index (χ4n) is 1.06. The van der Waals surface area contributed by atoms with Crippen LogP contribution in [0.2, 0.25) is 0 Å². The second-order valence-corrected chi connectivity index (χ2v) is 2.20. The van der Waals surface area contributed by atoms with Crippen LogP contribution >= 0.6 is 0 Å². The van der Waals surface area contributed by atoms with E-state index in [9.17, 15) is 0 Å². The summed E-state index contributed by atoms with van der Waals surface area (Å²) >= 11 is 0. The minimum atomic E-state index is 0.250. The Balaban J connectivity index is 0.000000187. The Morgan fingerprint density at radius 2 is 0.778 bits per heavy atom. The van der Waals surface area contributed by atoms with Crippen LogP contribution in [-0.4, -0.2) is 6.15 Å². The van der Waals surface area contributed by atoms with Gasteiger partial charge >= 0.3 is 6.15 Å². The van der Waals surface area contributed by atoms with Crippen LogP contribution in [0.5, 0.6) is 0 Å². The quantitative estimate of drug-likeness (QED) is 0.498. The molecule has 1 aliphatic rings. The van der Waals surface area contributed by atoms with Crippen molar-refractivity contribution < 1.29 is 9.59 Å². The number of rotatable bonds is 0. The van der Waals surface area contributed by atoms with Gasteiger partial charge in [0.25, 0.3) is 0 Å². The second kappa shape index (κ2) is 7.38. The Bertz CT molecular complexity index is 67.4. The van der Waals surface area contributed by atoms with E-state index in [1.54, 1.807) is 0 Å². The van der Waals surface area contributed by atoms with E-state index in [2.05, 4.69) is 0 Å². The SMILES string of the molecule is C1CCCCC1.O=C=O. The van der Waals surface area contributed by atoms with Crippen molar-refractivity contribution in [2.24, 2.45) is 0 Å². The van der Waals surface area contributed by atoms with Gasteiger partial charge in [-0.1, -0.05) is 38.5 Å². The number of carbonyl (C=O) groups excluding carboxylic acids is 2. The van der Waals surface area contributed by atoms with E-state index in [4.69, 9.17) is 9.59 Å². The highest BCUT2D eigenvalue weighted by Gasteiger charge is 1.95. The van der Waals surface area contributed by atoms with Crippen LogP contribution in [-0.2, 0) is 9.59 Å². The number of hydrogen-bond acceptors (Lipinski definition) is 2. The van der Waals surface area contributed by atoms with Crippen LogP contribution in [0, 0.1) is 0 Å². The summed E-state index contributed by atoms with van der Waals surface area (Å²) in [5.74, 6) is 0. The fraction of sp³-hybridized carbons (Fsp3) is 0.857. The van der Waals surface area contributed by atoms with E-state index in [0.29, 0.717) is 0 Å². The topological polar surface area (TPSA) is 34.1 Å². The van der Waals surface area contributed by atoms with Gasteiger partial charge in [0.1, 0.15) is 0 Å². The zero-order valence-electron chi connectivity index (χ0n) is 5.56. The summed E-state index contributed by atoms with van der Waals surface area (Å²) in [6, 6.07) is 0. The maximum atomic E-state index is 8.12. The molecule has 2 heteroatoms. The van der Waals surface area contributed by atoms with E-state index < -0.39 is 0 Å². The molecule has 1 fully saturated rings. The summed E-state index contributed by atoms with van der Waals surface area (Å²) in [4.78, 5) is 16.2. The van der Waals surface area contributed by atoms with Crippen molar-refractivity contribution in [3.05, 3.63) is 0 Å². The third kappa shape index (κ3) is 7.38. The molecule has 0 N–H and O–H groups in total. The largest absolute Gasteiger partial charge is 0.373 e. The second-order valence-electron chi connectivity index (χ2n) is 2.20. The average Bonchev–Trinajstić information content (AvgIpc) is 1.93. The van der Waals surface area contributed by atoms with Crippen LogP contribution in [0.25, 0.3) is 0 Å². The van der Waals surface area contributed by atoms with Crippen molar-refractivity contribution in [1.82, 2.24) is 0 Å². The normalized spacial score (nSPS) is 16.9. The monoisotopic (exact) mass is 128 g/mol. The molecular weight excluding hydrogens is 116 g/mol. The van der Waals surface area contributed by atoms with Gasteiger partial charge in [-0.2, -0.15) is 9.59 Å². The minimum Gasteiger partial charge on any atom is -0.186 e. The van der Waals surface area contributed by atoms with Crippen molar-refractivity contribution in [1.29, 1.82) is 0 Å². The van der Waals surface area contributed by atoms with Crippen molar-refractivity contribution in [3.63, 3.8) is 0 Å². The summed E-state index contributed by atoms with van der Waals surface area (Å²) in [7, 11) is 0. The van der Waals surface area contributed by atoms with E-state index in [1.807, 2.05) is 0 Å². The summed E-state index contributed by atoms with van der Waals surface area (Å²) in [5.41, 5.74) is 0. The number of hydrogen-bond donors (Lipinski definition) is 0. The van der Waals surface area contributed by atoms with Crippen molar-refractivity contribution in [2.45, 2.75) is 38.5 Å². The smallest absolute Gasteiger partial charge is 0.186 e. The Morgan fingerprint density at radius 1 is 0.667 bits per heavy atom. The molecule has 0 saturated heterocycles. The first-order chi connectivity index (χ1) is 4.41. The average molecular weight is 128 g/mol. The van der Waals surface area contributed by atoms with Crippen molar-refractivity contribution in [2.75, 3.05) is 0 Å². The summed E-state index contributed by atoms with van der Waals surface area (Å²) in [6.45, 7) is 0. The molecular formula is C7H12O2. The van der Waals surface area contributed by atoms with Crippen LogP contribution < -0.4 is 0 Å². The van der Waals surface area contributed by atoms with Crippen LogP contribution in [0.3, 0.4) is 0 Å². The molecule has 2 nitrogen and oxygen atoms in total. The molecule has 0 bridgehead atoms. The molecule has 0 heterocycles. The lowest BCUT2D eigenvalue weighted by atomic mass is 10.0. The van der Waals surface area contributed by atoms with Crippen molar-refractivity contribution >= 4 is 6.15 Å². The van der Waals surface area contributed by atoms with Gasteiger partial charge in [0.05, 0.1) is 0 Å². The predicted octanol–water partition coefficient (Wildman–Crippen LogP) is 1.76. The van der Waals surface area contributed by atoms with Gasteiger partial charge < -0.3 is 0 Å². The van der Waals surface area contributed by atoms with Gasteiger partial charge in [-0.3, -0.25) is 0 Å². The summed E-state index contributed by atoms with van der Waals surface area (Å²) in [6.07, 6.45) is 9.25. The third-order valence-electron chi connectivity index (χ3n) is 1.50. The van der Waals surface area contributed by atoms with Gasteiger partial charge in [-0.05, 0) is 0 Å². The molecule has 0 amide bonds. The molecule has 9 heavy (non-hydrogen) atoms. The first-order valence-electron chi connectivity index (χ1n) is 3.41. The highest BCUT2D eigenvalue weighted by atomic mass is 16.2. The zero-order valence-corrected chi connectivity index (χ0v) is 5.56. The Kier molecular flexibility index (Phi) is 6.87. The van der Waals surface area contributed by atoms with Gasteiger partial charge in [0, 0.05) is 0 Å². The van der Waals surface area contributed by atoms with Gasteiger partial charge in [-0.15, -0.1) is 0 Å².